The molecular weight excluding hydrogens is 246 g/mol. The lowest BCUT2D eigenvalue weighted by Gasteiger charge is -2.08. The van der Waals surface area contributed by atoms with Crippen molar-refractivity contribution in [1.29, 1.82) is 0 Å². The molecule has 1 N–H and O–H groups in total. The number of rotatable bonds is 6. The molecule has 0 aromatic heterocycles. The van der Waals surface area contributed by atoms with Gasteiger partial charge in [-0.15, -0.1) is 11.6 Å². The van der Waals surface area contributed by atoms with Gasteiger partial charge in [0.25, 0.3) is 0 Å². The van der Waals surface area contributed by atoms with E-state index in [9.17, 15) is 8.42 Å². The molecule has 1 aromatic carbocycles. The second-order valence-corrected chi connectivity index (χ2v) is 5.74. The number of hydrogen-bond acceptors (Lipinski definition) is 2. The lowest BCUT2D eigenvalue weighted by Crippen LogP contribution is -2.17. The third kappa shape index (κ3) is 4.41. The maximum Gasteiger partial charge on any atom is 0.232 e. The third-order valence-electron chi connectivity index (χ3n) is 2.16. The fraction of sp³-hybridized carbons (Fsp3) is 0.455. The summed E-state index contributed by atoms with van der Waals surface area (Å²) in [7, 11) is -3.26. The van der Waals surface area contributed by atoms with Gasteiger partial charge in [0.15, 0.2) is 0 Å². The molecule has 0 aliphatic carbocycles. The summed E-state index contributed by atoms with van der Waals surface area (Å²) in [5.41, 5.74) is 1.73. The number of benzene rings is 1. The smallest absolute Gasteiger partial charge is 0.232 e. The number of aryl methyl sites for hydroxylation is 1. The maximum atomic E-state index is 11.6. The molecule has 0 heterocycles. The van der Waals surface area contributed by atoms with Crippen molar-refractivity contribution < 1.29 is 8.42 Å². The number of nitrogens with one attached hydrogen (secondary N) is 1. The van der Waals surface area contributed by atoms with E-state index in [4.69, 9.17) is 11.6 Å². The molecule has 0 radical (unpaired) electrons. The number of anilines is 1. The van der Waals surface area contributed by atoms with Crippen LogP contribution >= 0.6 is 11.6 Å². The Hall–Kier alpha value is -0.740. The minimum absolute atomic E-state index is 0.0624. The summed E-state index contributed by atoms with van der Waals surface area (Å²) in [6, 6.07) is 7.41. The Morgan fingerprint density at radius 1 is 1.38 bits per heavy atom. The van der Waals surface area contributed by atoms with Crippen molar-refractivity contribution in [2.45, 2.75) is 19.8 Å². The first-order valence-corrected chi connectivity index (χ1v) is 7.41. The van der Waals surface area contributed by atoms with Crippen LogP contribution < -0.4 is 4.72 Å². The molecule has 0 aliphatic rings. The van der Waals surface area contributed by atoms with Crippen molar-refractivity contribution in [3.63, 3.8) is 0 Å². The minimum Gasteiger partial charge on any atom is -0.284 e. The Morgan fingerprint density at radius 3 is 2.75 bits per heavy atom. The molecule has 0 saturated carbocycles. The van der Waals surface area contributed by atoms with Crippen molar-refractivity contribution in [3.8, 4) is 0 Å². The zero-order valence-electron chi connectivity index (χ0n) is 9.24. The molecule has 0 saturated heterocycles. The summed E-state index contributed by atoms with van der Waals surface area (Å²) in [4.78, 5) is 0. The maximum absolute atomic E-state index is 11.6. The van der Waals surface area contributed by atoms with Crippen molar-refractivity contribution >= 4 is 27.3 Å². The fourth-order valence-corrected chi connectivity index (χ4v) is 2.73. The fourth-order valence-electron chi connectivity index (χ4n) is 1.33. The molecule has 0 atom stereocenters. The quantitative estimate of drug-likeness (QED) is 0.800. The lowest BCUT2D eigenvalue weighted by atomic mass is 10.1. The van der Waals surface area contributed by atoms with E-state index in [2.05, 4.69) is 4.72 Å². The van der Waals surface area contributed by atoms with Gasteiger partial charge in [0.05, 0.1) is 5.75 Å². The molecule has 90 valence electrons. The Balaban J connectivity index is 2.72. The van der Waals surface area contributed by atoms with Crippen LogP contribution in [-0.4, -0.2) is 20.1 Å². The Kier molecular flexibility index (Phi) is 5.09. The first-order valence-electron chi connectivity index (χ1n) is 5.23. The van der Waals surface area contributed by atoms with Gasteiger partial charge >= 0.3 is 0 Å². The minimum atomic E-state index is -3.26. The number of alkyl halides is 1. The van der Waals surface area contributed by atoms with Crippen molar-refractivity contribution in [2.75, 3.05) is 16.4 Å². The van der Waals surface area contributed by atoms with E-state index in [0.29, 0.717) is 18.0 Å². The van der Waals surface area contributed by atoms with Crippen molar-refractivity contribution in [1.82, 2.24) is 0 Å². The highest BCUT2D eigenvalue weighted by atomic mass is 35.5. The molecule has 0 unspecified atom stereocenters. The molecular formula is C11H16ClNO2S. The summed E-state index contributed by atoms with van der Waals surface area (Å²) in [5, 5.41) is 0. The number of sulfonamides is 1. The van der Waals surface area contributed by atoms with Gasteiger partial charge in [0.2, 0.25) is 10.0 Å². The van der Waals surface area contributed by atoms with E-state index >= 15 is 0 Å². The number of halogens is 1. The van der Waals surface area contributed by atoms with E-state index < -0.39 is 10.0 Å². The molecule has 1 rings (SSSR count). The average Bonchev–Trinajstić information content (AvgIpc) is 2.26. The summed E-state index contributed by atoms with van der Waals surface area (Å²) in [5.74, 6) is 0.419. The first kappa shape index (κ1) is 13.3. The lowest BCUT2D eigenvalue weighted by molar-refractivity contribution is 0.600. The average molecular weight is 262 g/mol. The topological polar surface area (TPSA) is 46.2 Å². The highest BCUT2D eigenvalue weighted by Crippen LogP contribution is 2.13. The Bertz CT molecular complexity index is 431. The van der Waals surface area contributed by atoms with E-state index in [1.165, 1.54) is 0 Å². The molecule has 0 amide bonds. The predicted molar refractivity (Wildman–Crippen MR) is 68.6 cm³/mol. The predicted octanol–water partition coefficient (Wildman–Crippen LogP) is 2.62. The summed E-state index contributed by atoms with van der Waals surface area (Å²) >= 11 is 5.47. The van der Waals surface area contributed by atoms with E-state index in [1.807, 2.05) is 25.1 Å². The monoisotopic (exact) mass is 261 g/mol. The van der Waals surface area contributed by atoms with Crippen LogP contribution in [0.2, 0.25) is 0 Å². The second kappa shape index (κ2) is 6.11. The van der Waals surface area contributed by atoms with Gasteiger partial charge < -0.3 is 0 Å². The highest BCUT2D eigenvalue weighted by molar-refractivity contribution is 7.92. The van der Waals surface area contributed by atoms with Gasteiger partial charge in [-0.25, -0.2) is 8.42 Å². The first-order chi connectivity index (χ1) is 7.57. The highest BCUT2D eigenvalue weighted by Gasteiger charge is 2.09. The van der Waals surface area contributed by atoms with Gasteiger partial charge in [-0.1, -0.05) is 19.1 Å². The van der Waals surface area contributed by atoms with E-state index in [-0.39, 0.29) is 5.75 Å². The summed E-state index contributed by atoms with van der Waals surface area (Å²) < 4.78 is 25.7. The van der Waals surface area contributed by atoms with E-state index in [0.717, 1.165) is 12.0 Å². The Labute approximate surface area is 102 Å². The van der Waals surface area contributed by atoms with Gasteiger partial charge in [0.1, 0.15) is 0 Å². The molecule has 1 aromatic rings. The molecule has 0 bridgehead atoms. The van der Waals surface area contributed by atoms with Gasteiger partial charge in [-0.05, 0) is 30.5 Å². The molecule has 5 heteroatoms. The van der Waals surface area contributed by atoms with Gasteiger partial charge in [-0.3, -0.25) is 4.72 Å². The molecule has 16 heavy (non-hydrogen) atoms. The van der Waals surface area contributed by atoms with Crippen molar-refractivity contribution in [3.05, 3.63) is 29.8 Å². The van der Waals surface area contributed by atoms with Crippen LogP contribution in [0.5, 0.6) is 0 Å². The molecule has 3 nitrogen and oxygen atoms in total. The largest absolute Gasteiger partial charge is 0.284 e. The van der Waals surface area contributed by atoms with Gasteiger partial charge in [-0.2, -0.15) is 0 Å². The van der Waals surface area contributed by atoms with E-state index in [1.54, 1.807) is 6.07 Å². The molecule has 0 aliphatic heterocycles. The molecule has 0 spiro atoms. The van der Waals surface area contributed by atoms with Crippen molar-refractivity contribution in [2.24, 2.45) is 0 Å². The zero-order chi connectivity index (χ0) is 12.0. The van der Waals surface area contributed by atoms with Crippen LogP contribution in [-0.2, 0) is 16.4 Å². The third-order valence-corrected chi connectivity index (χ3v) is 3.80. The summed E-state index contributed by atoms with van der Waals surface area (Å²) in [6.45, 7) is 2.03. The SMILES string of the molecule is CCc1cccc(NS(=O)(=O)CCCCl)c1. The van der Waals surface area contributed by atoms with Crippen LogP contribution in [0.1, 0.15) is 18.9 Å². The van der Waals surface area contributed by atoms with Crippen LogP contribution in [0.25, 0.3) is 0 Å². The van der Waals surface area contributed by atoms with Crippen LogP contribution in [0.3, 0.4) is 0 Å². The Morgan fingerprint density at radius 2 is 2.12 bits per heavy atom. The van der Waals surface area contributed by atoms with Crippen LogP contribution in [0, 0.1) is 0 Å². The molecule has 0 fully saturated rings. The standard InChI is InChI=1S/C11H16ClNO2S/c1-2-10-5-3-6-11(9-10)13-16(14,15)8-4-7-12/h3,5-6,9,13H,2,4,7-8H2,1H3. The summed E-state index contributed by atoms with van der Waals surface area (Å²) in [6.07, 6.45) is 1.35. The second-order valence-electron chi connectivity index (χ2n) is 3.52. The van der Waals surface area contributed by atoms with Crippen LogP contribution in [0.4, 0.5) is 5.69 Å². The number of hydrogen-bond donors (Lipinski definition) is 1. The van der Waals surface area contributed by atoms with Gasteiger partial charge in [0, 0.05) is 11.6 Å². The normalized spacial score (nSPS) is 11.4. The van der Waals surface area contributed by atoms with Crippen LogP contribution in [0.15, 0.2) is 24.3 Å². The zero-order valence-corrected chi connectivity index (χ0v) is 10.8.